The predicted molar refractivity (Wildman–Crippen MR) is 192 cm³/mol. The van der Waals surface area contributed by atoms with Crippen molar-refractivity contribution in [3.8, 4) is 66.9 Å². The van der Waals surface area contributed by atoms with Crippen LogP contribution in [0.25, 0.3) is 77.8 Å². The Morgan fingerprint density at radius 1 is 0.304 bits per heavy atom. The van der Waals surface area contributed by atoms with Crippen molar-refractivity contribution < 1.29 is 0 Å². The van der Waals surface area contributed by atoms with Gasteiger partial charge in [0.15, 0.2) is 0 Å². The molecule has 0 N–H and O–H groups in total. The number of benzene rings is 6. The minimum atomic E-state index is 0.952. The third kappa shape index (κ3) is 5.49. The molecular formula is C44H30N2. The Morgan fingerprint density at radius 3 is 1.39 bits per heavy atom. The number of aromatic nitrogens is 2. The van der Waals surface area contributed by atoms with Crippen LogP contribution in [0.2, 0.25) is 0 Å². The van der Waals surface area contributed by atoms with Gasteiger partial charge in [-0.1, -0.05) is 121 Å². The lowest BCUT2D eigenvalue weighted by atomic mass is 9.92. The van der Waals surface area contributed by atoms with Crippen LogP contribution in [0, 0.1) is 0 Å². The number of hydrogen-bond donors (Lipinski definition) is 0. The van der Waals surface area contributed by atoms with Crippen molar-refractivity contribution in [3.63, 3.8) is 0 Å². The highest BCUT2D eigenvalue weighted by molar-refractivity contribution is 6.00. The Balaban J connectivity index is 1.30. The van der Waals surface area contributed by atoms with Crippen LogP contribution in [0.4, 0.5) is 0 Å². The third-order valence-electron chi connectivity index (χ3n) is 8.56. The van der Waals surface area contributed by atoms with Crippen LogP contribution in [0.3, 0.4) is 0 Å². The zero-order valence-corrected chi connectivity index (χ0v) is 25.2. The molecule has 0 amide bonds. The molecule has 0 radical (unpaired) electrons. The summed E-state index contributed by atoms with van der Waals surface area (Å²) in [6.45, 7) is 0. The van der Waals surface area contributed by atoms with Crippen LogP contribution in [-0.4, -0.2) is 9.97 Å². The van der Waals surface area contributed by atoms with Crippen molar-refractivity contribution >= 4 is 10.9 Å². The van der Waals surface area contributed by atoms with E-state index in [2.05, 4.69) is 175 Å². The number of pyridine rings is 2. The van der Waals surface area contributed by atoms with Crippen LogP contribution in [0.1, 0.15) is 0 Å². The van der Waals surface area contributed by atoms with Gasteiger partial charge in [0.25, 0.3) is 0 Å². The standard InChI is InChI=1S/C44H30N2/c1-3-10-31(11-4-1)34-14-7-17-37(26-34)38-20-21-43-42(29-38)41(39-18-8-15-35(27-39)33-22-24-45-25-23-33)30-44(46-43)40-19-9-16-36(28-40)32-12-5-2-6-13-32/h1-30H. The van der Waals surface area contributed by atoms with E-state index in [-0.39, 0.29) is 0 Å². The molecule has 0 fully saturated rings. The van der Waals surface area contributed by atoms with E-state index in [9.17, 15) is 0 Å². The summed E-state index contributed by atoms with van der Waals surface area (Å²) in [5.74, 6) is 0. The average molecular weight is 587 g/mol. The predicted octanol–water partition coefficient (Wildman–Crippen LogP) is 11.6. The largest absolute Gasteiger partial charge is 0.265 e. The maximum atomic E-state index is 5.24. The molecule has 2 heterocycles. The Labute approximate surface area is 269 Å². The Morgan fingerprint density at radius 2 is 0.761 bits per heavy atom. The van der Waals surface area contributed by atoms with Gasteiger partial charge in [0.2, 0.25) is 0 Å². The summed E-state index contributed by atoms with van der Waals surface area (Å²) in [6.07, 6.45) is 3.69. The molecule has 2 aromatic heterocycles. The van der Waals surface area contributed by atoms with Crippen molar-refractivity contribution in [2.24, 2.45) is 0 Å². The summed E-state index contributed by atoms with van der Waals surface area (Å²) in [5, 5.41) is 1.12. The molecule has 0 atom stereocenters. The molecule has 6 aromatic carbocycles. The molecule has 0 bridgehead atoms. The molecule has 216 valence electrons. The zero-order chi connectivity index (χ0) is 30.7. The lowest BCUT2D eigenvalue weighted by Crippen LogP contribution is -1.92. The zero-order valence-electron chi connectivity index (χ0n) is 25.2. The Bertz CT molecular complexity index is 2290. The maximum Gasteiger partial charge on any atom is 0.0716 e. The van der Waals surface area contributed by atoms with Crippen LogP contribution < -0.4 is 0 Å². The van der Waals surface area contributed by atoms with Gasteiger partial charge < -0.3 is 0 Å². The highest BCUT2D eigenvalue weighted by Gasteiger charge is 2.13. The SMILES string of the molecule is c1ccc(-c2cccc(-c3ccc4nc(-c5cccc(-c6ccccc6)c5)cc(-c5cccc(-c6ccncc6)c5)c4c3)c2)cc1. The lowest BCUT2D eigenvalue weighted by molar-refractivity contribution is 1.33. The fraction of sp³-hybridized carbons (Fsp3) is 0. The van der Waals surface area contributed by atoms with Gasteiger partial charge >= 0.3 is 0 Å². The molecule has 0 spiro atoms. The molecule has 0 aliphatic rings. The quantitative estimate of drug-likeness (QED) is 0.194. The Kier molecular flexibility index (Phi) is 7.22. The first kappa shape index (κ1) is 27.4. The molecule has 0 unspecified atom stereocenters. The topological polar surface area (TPSA) is 25.8 Å². The van der Waals surface area contributed by atoms with E-state index >= 15 is 0 Å². The second-order valence-electron chi connectivity index (χ2n) is 11.5. The number of fused-ring (bicyclic) bond motifs is 1. The van der Waals surface area contributed by atoms with E-state index in [1.54, 1.807) is 0 Å². The molecule has 0 saturated heterocycles. The fourth-order valence-corrected chi connectivity index (χ4v) is 6.20. The summed E-state index contributed by atoms with van der Waals surface area (Å²) >= 11 is 0. The van der Waals surface area contributed by atoms with E-state index in [1.165, 1.54) is 27.8 Å². The highest BCUT2D eigenvalue weighted by Crippen LogP contribution is 2.37. The summed E-state index contributed by atoms with van der Waals surface area (Å²) in [6, 6.07) is 60.3. The first-order valence-electron chi connectivity index (χ1n) is 15.6. The van der Waals surface area contributed by atoms with E-state index in [4.69, 9.17) is 4.98 Å². The molecule has 0 saturated carbocycles. The minimum Gasteiger partial charge on any atom is -0.265 e. The molecule has 2 nitrogen and oxygen atoms in total. The second kappa shape index (κ2) is 12.1. The van der Waals surface area contributed by atoms with Gasteiger partial charge in [-0.3, -0.25) is 4.98 Å². The summed E-state index contributed by atoms with van der Waals surface area (Å²) in [4.78, 5) is 9.46. The maximum absolute atomic E-state index is 5.24. The van der Waals surface area contributed by atoms with Crippen LogP contribution in [0.5, 0.6) is 0 Å². The van der Waals surface area contributed by atoms with E-state index in [1.807, 2.05) is 12.4 Å². The lowest BCUT2D eigenvalue weighted by Gasteiger charge is -2.14. The van der Waals surface area contributed by atoms with E-state index in [0.717, 1.165) is 50.0 Å². The summed E-state index contributed by atoms with van der Waals surface area (Å²) in [7, 11) is 0. The van der Waals surface area contributed by atoms with Crippen molar-refractivity contribution in [1.29, 1.82) is 0 Å². The van der Waals surface area contributed by atoms with Gasteiger partial charge in [0.1, 0.15) is 0 Å². The van der Waals surface area contributed by atoms with Gasteiger partial charge in [-0.15, -0.1) is 0 Å². The summed E-state index contributed by atoms with van der Waals surface area (Å²) < 4.78 is 0. The fourth-order valence-electron chi connectivity index (χ4n) is 6.20. The average Bonchev–Trinajstić information content (AvgIpc) is 3.15. The number of rotatable bonds is 6. The highest BCUT2D eigenvalue weighted by atomic mass is 14.7. The van der Waals surface area contributed by atoms with Crippen LogP contribution >= 0.6 is 0 Å². The van der Waals surface area contributed by atoms with Gasteiger partial charge in [-0.2, -0.15) is 0 Å². The van der Waals surface area contributed by atoms with Crippen molar-refractivity contribution in [2.75, 3.05) is 0 Å². The van der Waals surface area contributed by atoms with Crippen molar-refractivity contribution in [1.82, 2.24) is 9.97 Å². The minimum absolute atomic E-state index is 0.952. The van der Waals surface area contributed by atoms with Gasteiger partial charge in [-0.25, -0.2) is 4.98 Å². The smallest absolute Gasteiger partial charge is 0.0716 e. The summed E-state index contributed by atoms with van der Waals surface area (Å²) in [5.41, 5.74) is 14.7. The van der Waals surface area contributed by atoms with Crippen LogP contribution in [0.15, 0.2) is 182 Å². The van der Waals surface area contributed by atoms with Gasteiger partial charge in [0, 0.05) is 23.3 Å². The molecule has 0 aliphatic carbocycles. The van der Waals surface area contributed by atoms with Crippen LogP contribution in [-0.2, 0) is 0 Å². The molecule has 0 aliphatic heterocycles. The van der Waals surface area contributed by atoms with Gasteiger partial charge in [0.05, 0.1) is 11.2 Å². The van der Waals surface area contributed by atoms with Crippen molar-refractivity contribution in [3.05, 3.63) is 182 Å². The molecule has 46 heavy (non-hydrogen) atoms. The van der Waals surface area contributed by atoms with E-state index in [0.29, 0.717) is 0 Å². The number of nitrogens with zero attached hydrogens (tertiary/aromatic N) is 2. The molecule has 8 aromatic rings. The van der Waals surface area contributed by atoms with Gasteiger partial charge in [-0.05, 0) is 104 Å². The first-order valence-corrected chi connectivity index (χ1v) is 15.6. The second-order valence-corrected chi connectivity index (χ2v) is 11.5. The molecular weight excluding hydrogens is 556 g/mol. The molecule has 8 rings (SSSR count). The Hall–Kier alpha value is -6.12. The monoisotopic (exact) mass is 586 g/mol. The number of hydrogen-bond acceptors (Lipinski definition) is 2. The van der Waals surface area contributed by atoms with Crippen molar-refractivity contribution in [2.45, 2.75) is 0 Å². The third-order valence-corrected chi connectivity index (χ3v) is 8.56. The van der Waals surface area contributed by atoms with E-state index < -0.39 is 0 Å². The normalized spacial score (nSPS) is 11.0. The first-order chi connectivity index (χ1) is 22.8. The molecule has 2 heteroatoms.